The third kappa shape index (κ3) is 6.34. The van der Waals surface area contributed by atoms with E-state index in [2.05, 4.69) is 181 Å². The van der Waals surface area contributed by atoms with Crippen molar-refractivity contribution in [1.29, 1.82) is 0 Å². The zero-order chi connectivity index (χ0) is 42.1. The molecule has 0 radical (unpaired) electrons. The van der Waals surface area contributed by atoms with Gasteiger partial charge in [-0.25, -0.2) is 15.0 Å². The first-order valence-electron chi connectivity index (χ1n) is 21.3. The van der Waals surface area contributed by atoms with Gasteiger partial charge in [0.15, 0.2) is 5.82 Å². The Morgan fingerprint density at radius 3 is 1.45 bits per heavy atom. The largest absolute Gasteiger partial charge is 0.254 e. The molecule has 298 valence electrons. The fourth-order valence-corrected chi connectivity index (χ4v) is 11.2. The lowest BCUT2D eigenvalue weighted by Crippen LogP contribution is -1.97. The van der Waals surface area contributed by atoms with Crippen molar-refractivity contribution in [1.82, 2.24) is 19.9 Å². The van der Waals surface area contributed by atoms with Crippen LogP contribution < -0.4 is 0 Å². The minimum Gasteiger partial charge on any atom is -0.254 e. The molecule has 6 heteroatoms. The minimum atomic E-state index is 0.678. The van der Waals surface area contributed by atoms with E-state index in [1.807, 2.05) is 53.1 Å². The summed E-state index contributed by atoms with van der Waals surface area (Å²) in [5, 5.41) is 7.28. The van der Waals surface area contributed by atoms with Crippen LogP contribution in [0.15, 0.2) is 206 Å². The van der Waals surface area contributed by atoms with Gasteiger partial charge in [0.2, 0.25) is 0 Å². The van der Waals surface area contributed by atoms with Gasteiger partial charge >= 0.3 is 0 Å². The Bertz CT molecular complexity index is 3830. The number of aromatic nitrogens is 4. The average Bonchev–Trinajstić information content (AvgIpc) is 3.94. The first kappa shape index (κ1) is 36.7. The van der Waals surface area contributed by atoms with E-state index in [0.29, 0.717) is 5.82 Å². The Balaban J connectivity index is 0.972. The summed E-state index contributed by atoms with van der Waals surface area (Å²) < 4.78 is 5.18. The molecule has 0 unspecified atom stereocenters. The van der Waals surface area contributed by atoms with Gasteiger partial charge in [-0.3, -0.25) is 4.98 Å². The Kier molecular flexibility index (Phi) is 8.54. The van der Waals surface area contributed by atoms with Gasteiger partial charge in [0.1, 0.15) is 0 Å². The predicted molar refractivity (Wildman–Crippen MR) is 271 cm³/mol. The maximum Gasteiger partial charge on any atom is 0.160 e. The molecule has 0 spiro atoms. The van der Waals surface area contributed by atoms with Crippen molar-refractivity contribution < 1.29 is 0 Å². The van der Waals surface area contributed by atoms with Crippen molar-refractivity contribution >= 4 is 84.8 Å². The SMILES string of the molecule is c1ccc(-c2nc(-c3ccc(-c4ccc5ccc6cccnc6c5n4)cc3)cc(-c3cc(-c4ccc5sc6ccccc6c5c4)cc(-c4ccc5sc6ccccc6c5c4)c3)n2)cc1. The third-order valence-corrected chi connectivity index (χ3v) is 14.6. The highest BCUT2D eigenvalue weighted by Gasteiger charge is 2.16. The van der Waals surface area contributed by atoms with Gasteiger partial charge in [0.25, 0.3) is 0 Å². The van der Waals surface area contributed by atoms with E-state index >= 15 is 0 Å². The molecule has 0 aliphatic rings. The monoisotopic (exact) mass is 850 g/mol. The lowest BCUT2D eigenvalue weighted by Gasteiger charge is -2.14. The lowest BCUT2D eigenvalue weighted by molar-refractivity contribution is 1.18. The zero-order valence-corrected chi connectivity index (χ0v) is 35.9. The molecule has 0 N–H and O–H groups in total. The molecule has 5 aromatic heterocycles. The van der Waals surface area contributed by atoms with Gasteiger partial charge in [-0.15, -0.1) is 22.7 Å². The summed E-state index contributed by atoms with van der Waals surface area (Å²) in [7, 11) is 0. The highest BCUT2D eigenvalue weighted by Crippen LogP contribution is 2.41. The van der Waals surface area contributed by atoms with Gasteiger partial charge in [-0.2, -0.15) is 0 Å². The van der Waals surface area contributed by atoms with E-state index in [1.54, 1.807) is 0 Å². The van der Waals surface area contributed by atoms with Crippen molar-refractivity contribution in [3.8, 4) is 67.4 Å². The summed E-state index contributed by atoms with van der Waals surface area (Å²) in [6.07, 6.45) is 1.83. The van der Waals surface area contributed by atoms with Crippen molar-refractivity contribution in [3.63, 3.8) is 0 Å². The van der Waals surface area contributed by atoms with Crippen LogP contribution >= 0.6 is 22.7 Å². The molecule has 0 saturated carbocycles. The molecule has 0 atom stereocenters. The van der Waals surface area contributed by atoms with Gasteiger partial charge < -0.3 is 0 Å². The van der Waals surface area contributed by atoms with Crippen LogP contribution in [0.5, 0.6) is 0 Å². The molecule has 0 bridgehead atoms. The number of hydrogen-bond acceptors (Lipinski definition) is 6. The van der Waals surface area contributed by atoms with Crippen LogP contribution in [-0.4, -0.2) is 19.9 Å². The summed E-state index contributed by atoms with van der Waals surface area (Å²) in [6.45, 7) is 0. The maximum absolute atomic E-state index is 5.33. The second kappa shape index (κ2) is 14.9. The Morgan fingerprint density at radius 2 is 0.797 bits per heavy atom. The maximum atomic E-state index is 5.33. The van der Waals surface area contributed by atoms with Crippen LogP contribution in [0.1, 0.15) is 0 Å². The molecule has 0 aliphatic heterocycles. The molecule has 13 aromatic rings. The van der Waals surface area contributed by atoms with Gasteiger partial charge in [0, 0.05) is 79.6 Å². The van der Waals surface area contributed by atoms with E-state index < -0.39 is 0 Å². The molecular weight excluding hydrogens is 817 g/mol. The number of rotatable bonds is 6. The van der Waals surface area contributed by atoms with Crippen molar-refractivity contribution in [3.05, 3.63) is 206 Å². The minimum absolute atomic E-state index is 0.678. The number of hydrogen-bond donors (Lipinski definition) is 0. The average molecular weight is 851 g/mol. The smallest absolute Gasteiger partial charge is 0.160 e. The quantitative estimate of drug-likeness (QED) is 0.156. The predicted octanol–water partition coefficient (Wildman–Crippen LogP) is 16.3. The third-order valence-electron chi connectivity index (χ3n) is 12.3. The highest BCUT2D eigenvalue weighted by molar-refractivity contribution is 7.26. The molecule has 5 heterocycles. The number of fused-ring (bicyclic) bond motifs is 9. The standard InChI is InChI=1S/C58H34N4S2/c1-2-9-39(10-3-1)58-61-50(36-18-16-35(17-19-36)49-25-22-38-21-20-37-11-8-28-59-56(37)57(38)60-49)34-51(62-58)44-30-42(40-23-26-54-47(32-40)45-12-4-6-14-52(45)63-54)29-43(31-44)41-24-27-55-48(33-41)46-13-5-7-15-53(46)64-55/h1-34H. The van der Waals surface area contributed by atoms with Gasteiger partial charge in [-0.05, 0) is 95.1 Å². The van der Waals surface area contributed by atoms with Crippen molar-refractivity contribution in [2.45, 2.75) is 0 Å². The Labute approximate surface area is 376 Å². The summed E-state index contributed by atoms with van der Waals surface area (Å²) in [5.74, 6) is 0.678. The second-order valence-electron chi connectivity index (χ2n) is 16.2. The van der Waals surface area contributed by atoms with E-state index in [4.69, 9.17) is 15.0 Å². The van der Waals surface area contributed by atoms with E-state index in [-0.39, 0.29) is 0 Å². The van der Waals surface area contributed by atoms with Crippen LogP contribution in [-0.2, 0) is 0 Å². The highest BCUT2D eigenvalue weighted by atomic mass is 32.1. The van der Waals surface area contributed by atoms with E-state index in [9.17, 15) is 0 Å². The van der Waals surface area contributed by atoms with Crippen LogP contribution in [0.3, 0.4) is 0 Å². The molecule has 0 saturated heterocycles. The molecule has 8 aromatic carbocycles. The fourth-order valence-electron chi connectivity index (χ4n) is 9.08. The molecular formula is C58H34N4S2. The molecule has 0 amide bonds. The first-order chi connectivity index (χ1) is 31.6. The Morgan fingerprint density at radius 1 is 0.281 bits per heavy atom. The summed E-state index contributed by atoms with van der Waals surface area (Å²) in [6, 6.07) is 71.6. The van der Waals surface area contributed by atoms with Crippen LogP contribution in [0.2, 0.25) is 0 Å². The van der Waals surface area contributed by atoms with Gasteiger partial charge in [-0.1, -0.05) is 127 Å². The number of benzene rings is 8. The second-order valence-corrected chi connectivity index (χ2v) is 18.4. The molecule has 0 aliphatic carbocycles. The first-order valence-corrected chi connectivity index (χ1v) is 23.0. The fraction of sp³-hybridized carbons (Fsp3) is 0. The molecule has 4 nitrogen and oxygen atoms in total. The van der Waals surface area contributed by atoms with Crippen molar-refractivity contribution in [2.24, 2.45) is 0 Å². The topological polar surface area (TPSA) is 51.6 Å². The van der Waals surface area contributed by atoms with Gasteiger partial charge in [0.05, 0.1) is 28.1 Å². The zero-order valence-electron chi connectivity index (χ0n) is 34.2. The lowest BCUT2D eigenvalue weighted by atomic mass is 9.93. The molecule has 13 rings (SSSR count). The summed E-state index contributed by atoms with van der Waals surface area (Å²) >= 11 is 3.69. The normalized spacial score (nSPS) is 11.8. The van der Waals surface area contributed by atoms with Crippen LogP contribution in [0.25, 0.3) is 130 Å². The van der Waals surface area contributed by atoms with E-state index in [1.165, 1.54) is 51.5 Å². The Hall–Kier alpha value is -7.90. The summed E-state index contributed by atoms with van der Waals surface area (Å²) in [4.78, 5) is 20.3. The summed E-state index contributed by atoms with van der Waals surface area (Å²) in [5.41, 5.74) is 13.0. The van der Waals surface area contributed by atoms with E-state index in [0.717, 1.165) is 72.3 Å². The molecule has 64 heavy (non-hydrogen) atoms. The van der Waals surface area contributed by atoms with Crippen LogP contribution in [0, 0.1) is 0 Å². The number of pyridine rings is 2. The number of nitrogens with zero attached hydrogens (tertiary/aromatic N) is 4. The molecule has 0 fully saturated rings. The number of thiophene rings is 2. The van der Waals surface area contributed by atoms with Crippen molar-refractivity contribution in [2.75, 3.05) is 0 Å². The van der Waals surface area contributed by atoms with Crippen LogP contribution in [0.4, 0.5) is 0 Å².